The summed E-state index contributed by atoms with van der Waals surface area (Å²) in [5, 5.41) is 8.51. The van der Waals surface area contributed by atoms with Crippen LogP contribution in [0.15, 0.2) is 176 Å². The van der Waals surface area contributed by atoms with Gasteiger partial charge in [-0.25, -0.2) is 9.97 Å². The Morgan fingerprint density at radius 3 is 2.06 bits per heavy atom. The van der Waals surface area contributed by atoms with Gasteiger partial charge in [-0.15, -0.1) is 11.3 Å². The lowest BCUT2D eigenvalue weighted by atomic mass is 9.99. The average molecular weight is 680 g/mol. The summed E-state index contributed by atoms with van der Waals surface area (Å²) in [6.45, 7) is 0. The van der Waals surface area contributed by atoms with E-state index in [2.05, 4.69) is 180 Å². The summed E-state index contributed by atoms with van der Waals surface area (Å²) < 4.78 is 4.87. The molecule has 0 N–H and O–H groups in total. The van der Waals surface area contributed by atoms with Gasteiger partial charge in [0, 0.05) is 53.1 Å². The van der Waals surface area contributed by atoms with Crippen LogP contribution < -0.4 is 0 Å². The topological polar surface area (TPSA) is 30.7 Å². The van der Waals surface area contributed by atoms with Crippen molar-refractivity contribution >= 4 is 75.0 Å². The first-order valence-corrected chi connectivity index (χ1v) is 18.4. The van der Waals surface area contributed by atoms with Crippen LogP contribution in [-0.2, 0) is 0 Å². The maximum absolute atomic E-state index is 5.47. The largest absolute Gasteiger partial charge is 0.309 e. The van der Waals surface area contributed by atoms with Crippen LogP contribution in [0.3, 0.4) is 0 Å². The van der Waals surface area contributed by atoms with E-state index in [-0.39, 0.29) is 0 Å². The lowest BCUT2D eigenvalue weighted by Crippen LogP contribution is -1.98. The third-order valence-electron chi connectivity index (χ3n) is 10.4. The van der Waals surface area contributed by atoms with Crippen molar-refractivity contribution in [3.63, 3.8) is 0 Å². The van der Waals surface area contributed by atoms with Crippen molar-refractivity contribution in [1.82, 2.24) is 14.5 Å². The lowest BCUT2D eigenvalue weighted by molar-refractivity contribution is 1.18. The first-order valence-electron chi connectivity index (χ1n) is 17.6. The Morgan fingerprint density at radius 1 is 0.442 bits per heavy atom. The van der Waals surface area contributed by atoms with Gasteiger partial charge in [-0.2, -0.15) is 0 Å². The number of hydrogen-bond acceptors (Lipinski definition) is 3. The molecule has 0 spiro atoms. The number of nitrogens with zero attached hydrogens (tertiary/aromatic N) is 3. The predicted molar refractivity (Wildman–Crippen MR) is 221 cm³/mol. The number of rotatable bonds is 4. The highest BCUT2D eigenvalue weighted by Crippen LogP contribution is 2.44. The molecule has 52 heavy (non-hydrogen) atoms. The third kappa shape index (κ3) is 4.45. The van der Waals surface area contributed by atoms with E-state index >= 15 is 0 Å². The highest BCUT2D eigenvalue weighted by atomic mass is 32.1. The Bertz CT molecular complexity index is 3190. The SMILES string of the molecule is c1ccc(-c2cccc(-c3nc(-c4cc(-n5c6ccccc6c6c7ccccc7ccc65)cc5c4sc4ccccc45)nc4ccccc34)c2)cc1. The minimum Gasteiger partial charge on any atom is -0.309 e. The molecule has 0 unspecified atom stereocenters. The third-order valence-corrected chi connectivity index (χ3v) is 11.6. The summed E-state index contributed by atoms with van der Waals surface area (Å²) in [7, 11) is 0. The first kappa shape index (κ1) is 29.1. The molecule has 0 aliphatic carbocycles. The molecule has 0 atom stereocenters. The number of thiophene rings is 1. The number of fused-ring (bicyclic) bond motifs is 9. The van der Waals surface area contributed by atoms with Crippen LogP contribution in [0.5, 0.6) is 0 Å². The highest BCUT2D eigenvalue weighted by molar-refractivity contribution is 7.26. The smallest absolute Gasteiger partial charge is 0.161 e. The van der Waals surface area contributed by atoms with E-state index in [1.807, 2.05) is 11.3 Å². The van der Waals surface area contributed by atoms with E-state index in [1.54, 1.807) is 0 Å². The van der Waals surface area contributed by atoms with Crippen LogP contribution in [0, 0.1) is 0 Å². The first-order chi connectivity index (χ1) is 25.8. The van der Waals surface area contributed by atoms with Gasteiger partial charge in [-0.1, -0.05) is 133 Å². The molecule has 0 bridgehead atoms. The van der Waals surface area contributed by atoms with Gasteiger partial charge in [0.05, 0.1) is 22.2 Å². The molecule has 0 amide bonds. The fourth-order valence-corrected chi connectivity index (χ4v) is 9.21. The zero-order valence-electron chi connectivity index (χ0n) is 28.0. The molecule has 3 heterocycles. The normalized spacial score (nSPS) is 11.8. The molecule has 0 radical (unpaired) electrons. The predicted octanol–water partition coefficient (Wildman–Crippen LogP) is 13.2. The van der Waals surface area contributed by atoms with Crippen molar-refractivity contribution in [1.29, 1.82) is 0 Å². The van der Waals surface area contributed by atoms with Gasteiger partial charge in [-0.3, -0.25) is 0 Å². The Balaban J connectivity index is 1.22. The van der Waals surface area contributed by atoms with Crippen molar-refractivity contribution in [3.05, 3.63) is 176 Å². The molecule has 0 saturated carbocycles. The summed E-state index contributed by atoms with van der Waals surface area (Å²) in [5.41, 5.74) is 9.76. The highest BCUT2D eigenvalue weighted by Gasteiger charge is 2.21. The Hall–Kier alpha value is -6.62. The van der Waals surface area contributed by atoms with Crippen molar-refractivity contribution < 1.29 is 0 Å². The summed E-state index contributed by atoms with van der Waals surface area (Å²) in [6, 6.07) is 63.0. The Morgan fingerprint density at radius 2 is 1.15 bits per heavy atom. The molecule has 3 aromatic heterocycles. The zero-order chi connectivity index (χ0) is 34.2. The summed E-state index contributed by atoms with van der Waals surface area (Å²) in [5.74, 6) is 0.725. The van der Waals surface area contributed by atoms with Crippen LogP contribution in [0.25, 0.3) is 103 Å². The molecule has 11 aromatic rings. The van der Waals surface area contributed by atoms with Gasteiger partial charge < -0.3 is 4.57 Å². The minimum absolute atomic E-state index is 0.725. The van der Waals surface area contributed by atoms with Gasteiger partial charge in [0.25, 0.3) is 0 Å². The standard InChI is InChI=1S/C48H29N3S/c1-2-13-30(14-3-1)32-16-12-17-33(27-32)46-37-20-6-9-22-41(37)49-48(50-46)40-29-34(28-39-36-19-8-11-24-44(36)52-47(39)40)51-42-23-10-7-21-38(42)45-35-18-5-4-15-31(35)25-26-43(45)51/h1-29H. The van der Waals surface area contributed by atoms with Crippen LogP contribution in [0.2, 0.25) is 0 Å². The van der Waals surface area contributed by atoms with Gasteiger partial charge >= 0.3 is 0 Å². The van der Waals surface area contributed by atoms with Crippen molar-refractivity contribution in [2.75, 3.05) is 0 Å². The Kier molecular flexibility index (Phi) is 6.42. The molecule has 8 aromatic carbocycles. The Labute approximate surface area is 303 Å². The van der Waals surface area contributed by atoms with E-state index < -0.39 is 0 Å². The quantitative estimate of drug-likeness (QED) is 0.185. The molecule has 242 valence electrons. The molecule has 4 heteroatoms. The van der Waals surface area contributed by atoms with E-state index in [4.69, 9.17) is 9.97 Å². The molecule has 0 aliphatic heterocycles. The lowest BCUT2D eigenvalue weighted by Gasteiger charge is -2.14. The molecule has 0 fully saturated rings. The molecule has 3 nitrogen and oxygen atoms in total. The van der Waals surface area contributed by atoms with E-state index in [0.717, 1.165) is 44.8 Å². The number of hydrogen-bond donors (Lipinski definition) is 0. The van der Waals surface area contributed by atoms with Crippen LogP contribution in [-0.4, -0.2) is 14.5 Å². The van der Waals surface area contributed by atoms with E-state index in [9.17, 15) is 0 Å². The summed E-state index contributed by atoms with van der Waals surface area (Å²) in [6.07, 6.45) is 0. The zero-order valence-corrected chi connectivity index (χ0v) is 28.8. The maximum Gasteiger partial charge on any atom is 0.161 e. The minimum atomic E-state index is 0.725. The average Bonchev–Trinajstić information content (AvgIpc) is 3.76. The van der Waals surface area contributed by atoms with Crippen molar-refractivity contribution in [2.45, 2.75) is 0 Å². The fraction of sp³-hybridized carbons (Fsp3) is 0. The monoisotopic (exact) mass is 679 g/mol. The summed E-state index contributed by atoms with van der Waals surface area (Å²) >= 11 is 1.82. The molecular weight excluding hydrogens is 651 g/mol. The van der Waals surface area contributed by atoms with Gasteiger partial charge in [0.1, 0.15) is 0 Å². The second kappa shape index (κ2) is 11.5. The molecule has 0 saturated heterocycles. The number of benzene rings is 8. The van der Waals surface area contributed by atoms with Crippen molar-refractivity contribution in [3.8, 4) is 39.5 Å². The van der Waals surface area contributed by atoms with E-state index in [1.165, 1.54) is 58.3 Å². The van der Waals surface area contributed by atoms with Gasteiger partial charge in [0.15, 0.2) is 5.82 Å². The van der Waals surface area contributed by atoms with Crippen LogP contribution in [0.1, 0.15) is 0 Å². The van der Waals surface area contributed by atoms with Gasteiger partial charge in [-0.05, 0) is 64.4 Å². The molecule has 0 aliphatic rings. The van der Waals surface area contributed by atoms with Crippen LogP contribution in [0.4, 0.5) is 0 Å². The van der Waals surface area contributed by atoms with Crippen LogP contribution >= 0.6 is 11.3 Å². The maximum atomic E-state index is 5.47. The fourth-order valence-electron chi connectivity index (χ4n) is 8.02. The molecule has 11 rings (SSSR count). The van der Waals surface area contributed by atoms with E-state index in [0.29, 0.717) is 0 Å². The van der Waals surface area contributed by atoms with Crippen molar-refractivity contribution in [2.24, 2.45) is 0 Å². The number of aromatic nitrogens is 3. The second-order valence-electron chi connectivity index (χ2n) is 13.4. The molecular formula is C48H29N3S. The second-order valence-corrected chi connectivity index (χ2v) is 14.4. The number of para-hydroxylation sites is 2. The summed E-state index contributed by atoms with van der Waals surface area (Å²) in [4.78, 5) is 10.8. The van der Waals surface area contributed by atoms with Gasteiger partial charge in [0.2, 0.25) is 0 Å².